The van der Waals surface area contributed by atoms with Gasteiger partial charge in [0.25, 0.3) is 0 Å². The van der Waals surface area contributed by atoms with Gasteiger partial charge in [0, 0.05) is 30.1 Å². The van der Waals surface area contributed by atoms with Gasteiger partial charge in [-0.1, -0.05) is 18.2 Å². The van der Waals surface area contributed by atoms with Crippen molar-refractivity contribution < 1.29 is 9.47 Å². The average molecular weight is 310 g/mol. The zero-order chi connectivity index (χ0) is 16.2. The predicted octanol–water partition coefficient (Wildman–Crippen LogP) is 3.71. The number of nitrogens with zero attached hydrogens (tertiary/aromatic N) is 1. The van der Waals surface area contributed by atoms with Crippen LogP contribution in [0.1, 0.15) is 18.2 Å². The topological polar surface area (TPSA) is 49.4 Å². The van der Waals surface area contributed by atoms with Gasteiger partial charge in [-0.05, 0) is 36.8 Å². The van der Waals surface area contributed by atoms with Gasteiger partial charge in [-0.25, -0.2) is 0 Å². The lowest BCUT2D eigenvalue weighted by Gasteiger charge is -2.11. The molecular weight excluding hydrogens is 288 g/mol. The number of fused-ring (bicyclic) bond motifs is 1. The average Bonchev–Trinajstić information content (AvgIpc) is 2.96. The number of hydrogen-bond acceptors (Lipinski definition) is 3. The van der Waals surface area contributed by atoms with Gasteiger partial charge >= 0.3 is 0 Å². The van der Waals surface area contributed by atoms with E-state index in [0.29, 0.717) is 13.2 Å². The van der Waals surface area contributed by atoms with Gasteiger partial charge in [0.2, 0.25) is 0 Å². The molecule has 0 radical (unpaired) electrons. The van der Waals surface area contributed by atoms with Crippen molar-refractivity contribution >= 4 is 10.9 Å². The zero-order valence-corrected chi connectivity index (χ0v) is 13.6. The Morgan fingerprint density at radius 2 is 1.87 bits per heavy atom. The van der Waals surface area contributed by atoms with Gasteiger partial charge in [-0.3, -0.25) is 0 Å². The van der Waals surface area contributed by atoms with Crippen LogP contribution in [0.5, 0.6) is 11.5 Å². The van der Waals surface area contributed by atoms with Crippen molar-refractivity contribution in [3.05, 3.63) is 59.8 Å². The fraction of sp³-hybridized carbons (Fsp3) is 0.263. The minimum absolute atomic E-state index is 0.521. The molecule has 1 aromatic heterocycles. The second-order valence-corrected chi connectivity index (χ2v) is 5.44. The summed E-state index contributed by atoms with van der Waals surface area (Å²) in [6.07, 6.45) is 0. The first-order chi connectivity index (χ1) is 11.2. The van der Waals surface area contributed by atoms with E-state index in [9.17, 15) is 0 Å². The Morgan fingerprint density at radius 3 is 2.61 bits per heavy atom. The number of hydrogen-bond donors (Lipinski definition) is 1. The fourth-order valence-electron chi connectivity index (χ4n) is 2.83. The largest absolute Gasteiger partial charge is 0.497 e. The van der Waals surface area contributed by atoms with E-state index >= 15 is 0 Å². The summed E-state index contributed by atoms with van der Waals surface area (Å²) in [5.41, 5.74) is 9.26. The van der Waals surface area contributed by atoms with Gasteiger partial charge in [0.15, 0.2) is 0 Å². The van der Waals surface area contributed by atoms with Crippen LogP contribution in [0.25, 0.3) is 10.9 Å². The molecule has 23 heavy (non-hydrogen) atoms. The summed E-state index contributed by atoms with van der Waals surface area (Å²) < 4.78 is 13.4. The molecule has 0 amide bonds. The van der Waals surface area contributed by atoms with Crippen LogP contribution in [-0.4, -0.2) is 11.7 Å². The molecule has 0 spiro atoms. The quantitative estimate of drug-likeness (QED) is 0.755. The summed E-state index contributed by atoms with van der Waals surface area (Å²) in [4.78, 5) is 0. The first-order valence-corrected chi connectivity index (χ1v) is 7.83. The van der Waals surface area contributed by atoms with Gasteiger partial charge < -0.3 is 19.8 Å². The lowest BCUT2D eigenvalue weighted by Crippen LogP contribution is -2.05. The minimum Gasteiger partial charge on any atom is -0.497 e. The second kappa shape index (κ2) is 6.75. The van der Waals surface area contributed by atoms with Crippen molar-refractivity contribution in [1.82, 2.24) is 4.57 Å². The van der Waals surface area contributed by atoms with Crippen molar-refractivity contribution in [2.45, 2.75) is 26.6 Å². The fourth-order valence-corrected chi connectivity index (χ4v) is 2.83. The molecule has 2 aromatic carbocycles. The number of nitrogens with two attached hydrogens (primary N) is 1. The molecule has 1 heterocycles. The molecule has 3 rings (SSSR count). The molecule has 3 aromatic rings. The SMILES string of the molecule is CCn1c(COc2cccc(OC)c2)cc2ccc(CN)cc21. The maximum Gasteiger partial charge on any atom is 0.128 e. The van der Waals surface area contributed by atoms with Crippen LogP contribution in [-0.2, 0) is 19.7 Å². The molecule has 0 aliphatic heterocycles. The Balaban J connectivity index is 1.87. The van der Waals surface area contributed by atoms with Crippen molar-refractivity contribution in [2.24, 2.45) is 5.73 Å². The Bertz CT molecular complexity index is 808. The molecule has 2 N–H and O–H groups in total. The molecular formula is C19H22N2O2. The molecule has 0 saturated heterocycles. The summed E-state index contributed by atoms with van der Waals surface area (Å²) in [5, 5.41) is 1.22. The molecule has 0 saturated carbocycles. The highest BCUT2D eigenvalue weighted by molar-refractivity contribution is 5.82. The van der Waals surface area contributed by atoms with Crippen LogP contribution >= 0.6 is 0 Å². The lowest BCUT2D eigenvalue weighted by atomic mass is 10.1. The maximum atomic E-state index is 5.94. The normalized spacial score (nSPS) is 10.9. The Morgan fingerprint density at radius 1 is 1.04 bits per heavy atom. The van der Waals surface area contributed by atoms with E-state index in [-0.39, 0.29) is 0 Å². The summed E-state index contributed by atoms with van der Waals surface area (Å²) in [7, 11) is 1.66. The first kappa shape index (κ1) is 15.4. The highest BCUT2D eigenvalue weighted by Gasteiger charge is 2.09. The summed E-state index contributed by atoms with van der Waals surface area (Å²) in [5.74, 6) is 1.60. The molecule has 4 nitrogen and oxygen atoms in total. The van der Waals surface area contributed by atoms with Crippen molar-refractivity contribution in [3.63, 3.8) is 0 Å². The van der Waals surface area contributed by atoms with E-state index in [1.807, 2.05) is 24.3 Å². The van der Waals surface area contributed by atoms with E-state index in [1.165, 1.54) is 10.9 Å². The predicted molar refractivity (Wildman–Crippen MR) is 92.8 cm³/mol. The third-order valence-corrected chi connectivity index (χ3v) is 4.03. The molecule has 0 aliphatic carbocycles. The maximum absolute atomic E-state index is 5.94. The van der Waals surface area contributed by atoms with E-state index in [4.69, 9.17) is 15.2 Å². The number of rotatable bonds is 6. The standard InChI is InChI=1S/C19H22N2O2/c1-3-21-16(10-15-8-7-14(12-20)9-19(15)21)13-23-18-6-4-5-17(11-18)22-2/h4-11H,3,12-13,20H2,1-2H3. The van der Waals surface area contributed by atoms with Crippen LogP contribution in [0, 0.1) is 0 Å². The Kier molecular flexibility index (Phi) is 4.53. The third-order valence-electron chi connectivity index (χ3n) is 4.03. The Labute approximate surface area is 136 Å². The number of benzene rings is 2. The molecule has 0 fully saturated rings. The molecule has 120 valence electrons. The monoisotopic (exact) mass is 310 g/mol. The lowest BCUT2D eigenvalue weighted by molar-refractivity contribution is 0.294. The zero-order valence-electron chi connectivity index (χ0n) is 13.6. The van der Waals surface area contributed by atoms with Crippen LogP contribution in [0.2, 0.25) is 0 Å². The highest BCUT2D eigenvalue weighted by atomic mass is 16.5. The smallest absolute Gasteiger partial charge is 0.128 e. The van der Waals surface area contributed by atoms with Gasteiger partial charge in [-0.2, -0.15) is 0 Å². The molecule has 0 unspecified atom stereocenters. The minimum atomic E-state index is 0.521. The van der Waals surface area contributed by atoms with Gasteiger partial charge in [-0.15, -0.1) is 0 Å². The molecule has 0 aliphatic rings. The second-order valence-electron chi connectivity index (χ2n) is 5.44. The van der Waals surface area contributed by atoms with Gasteiger partial charge in [0.05, 0.1) is 12.8 Å². The van der Waals surface area contributed by atoms with Crippen LogP contribution in [0.15, 0.2) is 48.5 Å². The molecule has 0 atom stereocenters. The Hall–Kier alpha value is -2.46. The number of ether oxygens (including phenoxy) is 2. The molecule has 0 bridgehead atoms. The van der Waals surface area contributed by atoms with E-state index in [0.717, 1.165) is 29.3 Å². The van der Waals surface area contributed by atoms with Crippen molar-refractivity contribution in [2.75, 3.05) is 7.11 Å². The van der Waals surface area contributed by atoms with Gasteiger partial charge in [0.1, 0.15) is 18.1 Å². The van der Waals surface area contributed by atoms with Crippen LogP contribution in [0.4, 0.5) is 0 Å². The number of methoxy groups -OCH3 is 1. The first-order valence-electron chi connectivity index (χ1n) is 7.83. The van der Waals surface area contributed by atoms with E-state index < -0.39 is 0 Å². The van der Waals surface area contributed by atoms with Crippen molar-refractivity contribution in [1.29, 1.82) is 0 Å². The number of aryl methyl sites for hydroxylation is 1. The third kappa shape index (κ3) is 3.17. The summed E-state index contributed by atoms with van der Waals surface area (Å²) in [6.45, 7) is 4.12. The summed E-state index contributed by atoms with van der Waals surface area (Å²) in [6, 6.07) is 16.2. The molecule has 4 heteroatoms. The van der Waals surface area contributed by atoms with Crippen LogP contribution < -0.4 is 15.2 Å². The van der Waals surface area contributed by atoms with Crippen LogP contribution in [0.3, 0.4) is 0 Å². The highest BCUT2D eigenvalue weighted by Crippen LogP contribution is 2.24. The van der Waals surface area contributed by atoms with E-state index in [2.05, 4.69) is 35.8 Å². The van der Waals surface area contributed by atoms with E-state index in [1.54, 1.807) is 7.11 Å². The number of aromatic nitrogens is 1. The van der Waals surface area contributed by atoms with Crippen molar-refractivity contribution in [3.8, 4) is 11.5 Å². The summed E-state index contributed by atoms with van der Waals surface area (Å²) >= 11 is 0.